The summed E-state index contributed by atoms with van der Waals surface area (Å²) in [5, 5.41) is 11.9. The average molecular weight is 330 g/mol. The molecule has 0 saturated carbocycles. The molecule has 0 unspecified atom stereocenters. The van der Waals surface area contributed by atoms with Crippen molar-refractivity contribution in [2.24, 2.45) is 0 Å². The third kappa shape index (κ3) is 2.12. The predicted molar refractivity (Wildman–Crippen MR) is 84.3 cm³/mol. The number of nitrogens with one attached hydrogen (secondary N) is 1. The van der Waals surface area contributed by atoms with Crippen LogP contribution in [0.25, 0.3) is 21.9 Å². The van der Waals surface area contributed by atoms with Crippen molar-refractivity contribution >= 4 is 26.7 Å². The van der Waals surface area contributed by atoms with Gasteiger partial charge in [0.05, 0.1) is 5.39 Å². The summed E-state index contributed by atoms with van der Waals surface area (Å²) in [7, 11) is 0. The van der Waals surface area contributed by atoms with E-state index in [1.54, 1.807) is 24.4 Å². The number of alkyl halides is 1. The largest absolute Gasteiger partial charge is 0.507 e. The smallest absolute Gasteiger partial charge is 0.255 e. The minimum absolute atomic E-state index is 0.118. The van der Waals surface area contributed by atoms with E-state index in [-0.39, 0.29) is 11.3 Å². The molecule has 0 aliphatic rings. The molecular weight excluding hydrogens is 318 g/mol. The quantitative estimate of drug-likeness (QED) is 0.702. The number of hydrogen-bond acceptors (Lipinski definition) is 2. The first-order valence-electron chi connectivity index (χ1n) is 6.19. The van der Waals surface area contributed by atoms with Crippen LogP contribution in [-0.2, 0) is 5.33 Å². The molecule has 4 heteroatoms. The Morgan fingerprint density at radius 2 is 1.95 bits per heavy atom. The second kappa shape index (κ2) is 5.13. The van der Waals surface area contributed by atoms with Gasteiger partial charge in [0.1, 0.15) is 5.75 Å². The number of pyridine rings is 1. The van der Waals surface area contributed by atoms with Gasteiger partial charge in [0, 0.05) is 22.5 Å². The maximum Gasteiger partial charge on any atom is 0.255 e. The van der Waals surface area contributed by atoms with E-state index in [0.29, 0.717) is 10.8 Å². The topological polar surface area (TPSA) is 53.1 Å². The molecule has 2 N–H and O–H groups in total. The van der Waals surface area contributed by atoms with Crippen molar-refractivity contribution in [3.05, 3.63) is 64.6 Å². The molecule has 0 atom stereocenters. The summed E-state index contributed by atoms with van der Waals surface area (Å²) in [6.45, 7) is 0. The molecule has 3 rings (SSSR count). The number of aromatic nitrogens is 1. The van der Waals surface area contributed by atoms with Gasteiger partial charge in [-0.25, -0.2) is 0 Å². The molecule has 2 aromatic carbocycles. The minimum atomic E-state index is -0.198. The molecule has 0 aliphatic carbocycles. The number of hydrogen-bond donors (Lipinski definition) is 2. The first-order chi connectivity index (χ1) is 9.70. The number of benzene rings is 2. The molecular formula is C16H12BrNO2. The number of fused-ring (bicyclic) bond motifs is 1. The van der Waals surface area contributed by atoms with Gasteiger partial charge in [-0.15, -0.1) is 0 Å². The van der Waals surface area contributed by atoms with Gasteiger partial charge in [0.25, 0.3) is 5.56 Å². The molecule has 0 fully saturated rings. The molecule has 0 saturated heterocycles. The Labute approximate surface area is 124 Å². The van der Waals surface area contributed by atoms with Crippen LogP contribution in [0.3, 0.4) is 0 Å². The third-order valence-corrected chi connectivity index (χ3v) is 3.94. The zero-order valence-corrected chi connectivity index (χ0v) is 12.1. The highest BCUT2D eigenvalue weighted by Crippen LogP contribution is 2.32. The molecule has 1 aromatic heterocycles. The number of H-pyrrole nitrogens is 1. The van der Waals surface area contributed by atoms with Gasteiger partial charge in [0.2, 0.25) is 0 Å². The van der Waals surface area contributed by atoms with E-state index < -0.39 is 0 Å². The van der Waals surface area contributed by atoms with Crippen LogP contribution in [0.4, 0.5) is 0 Å². The molecule has 20 heavy (non-hydrogen) atoms. The van der Waals surface area contributed by atoms with Gasteiger partial charge >= 0.3 is 0 Å². The molecule has 0 radical (unpaired) electrons. The number of halogens is 1. The zero-order valence-electron chi connectivity index (χ0n) is 10.6. The van der Waals surface area contributed by atoms with Gasteiger partial charge in [-0.2, -0.15) is 0 Å². The SMILES string of the molecule is O=c1[nH]cc(-c2cccc(CBr)c2)c2c(O)cccc12. The number of aromatic amines is 1. The van der Waals surface area contributed by atoms with Crippen molar-refractivity contribution in [2.75, 3.05) is 0 Å². The highest BCUT2D eigenvalue weighted by Gasteiger charge is 2.10. The molecule has 0 aliphatic heterocycles. The first-order valence-corrected chi connectivity index (χ1v) is 7.31. The van der Waals surface area contributed by atoms with Crippen molar-refractivity contribution < 1.29 is 5.11 Å². The molecule has 1 heterocycles. The molecule has 0 bridgehead atoms. The lowest BCUT2D eigenvalue weighted by atomic mass is 9.99. The van der Waals surface area contributed by atoms with Crippen LogP contribution in [0.2, 0.25) is 0 Å². The third-order valence-electron chi connectivity index (χ3n) is 3.30. The summed E-state index contributed by atoms with van der Waals surface area (Å²) < 4.78 is 0. The van der Waals surface area contributed by atoms with E-state index in [9.17, 15) is 9.90 Å². The molecule has 100 valence electrons. The van der Waals surface area contributed by atoms with Crippen LogP contribution in [-0.4, -0.2) is 10.1 Å². The summed E-state index contributed by atoms with van der Waals surface area (Å²) in [6, 6.07) is 13.0. The molecule has 3 aromatic rings. The lowest BCUT2D eigenvalue weighted by Crippen LogP contribution is -2.05. The summed E-state index contributed by atoms with van der Waals surface area (Å²) in [5.74, 6) is 0.118. The fourth-order valence-electron chi connectivity index (χ4n) is 2.35. The Hall–Kier alpha value is -2.07. The van der Waals surface area contributed by atoms with Crippen molar-refractivity contribution in [3.63, 3.8) is 0 Å². The van der Waals surface area contributed by atoms with Gasteiger partial charge < -0.3 is 10.1 Å². The molecule has 0 spiro atoms. The maximum atomic E-state index is 11.9. The Morgan fingerprint density at radius 1 is 1.15 bits per heavy atom. The zero-order chi connectivity index (χ0) is 14.1. The van der Waals surface area contributed by atoms with Crippen LogP contribution in [0.1, 0.15) is 5.56 Å². The lowest BCUT2D eigenvalue weighted by molar-refractivity contribution is 0.481. The van der Waals surface area contributed by atoms with Crippen LogP contribution in [0, 0.1) is 0 Å². The predicted octanol–water partition coefficient (Wildman–Crippen LogP) is 3.80. The van der Waals surface area contributed by atoms with Crippen LogP contribution in [0.15, 0.2) is 53.5 Å². The van der Waals surface area contributed by atoms with E-state index in [1.165, 1.54) is 0 Å². The Bertz CT molecular complexity index is 839. The number of aromatic hydroxyl groups is 1. The van der Waals surface area contributed by atoms with Crippen LogP contribution < -0.4 is 5.56 Å². The fraction of sp³-hybridized carbons (Fsp3) is 0.0625. The van der Waals surface area contributed by atoms with E-state index in [1.807, 2.05) is 24.3 Å². The summed E-state index contributed by atoms with van der Waals surface area (Å²) in [4.78, 5) is 14.6. The minimum Gasteiger partial charge on any atom is -0.507 e. The standard InChI is InChI=1S/C16H12BrNO2/c17-8-10-3-1-4-11(7-10)13-9-18-16(20)12-5-2-6-14(19)15(12)13/h1-7,9,19H,8H2,(H,18,20). The number of phenolic OH excluding ortho intramolecular Hbond substituents is 1. The Kier molecular flexibility index (Phi) is 3.32. The average Bonchev–Trinajstić information content (AvgIpc) is 2.48. The van der Waals surface area contributed by atoms with E-state index in [2.05, 4.69) is 20.9 Å². The molecule has 0 amide bonds. The van der Waals surface area contributed by atoms with Crippen LogP contribution >= 0.6 is 15.9 Å². The second-order valence-corrected chi connectivity index (χ2v) is 5.13. The monoisotopic (exact) mass is 329 g/mol. The normalized spacial score (nSPS) is 10.8. The van der Waals surface area contributed by atoms with Crippen molar-refractivity contribution in [1.29, 1.82) is 0 Å². The van der Waals surface area contributed by atoms with Crippen LogP contribution in [0.5, 0.6) is 5.75 Å². The van der Waals surface area contributed by atoms with Gasteiger partial charge in [-0.3, -0.25) is 4.79 Å². The number of rotatable bonds is 2. The summed E-state index contributed by atoms with van der Waals surface area (Å²) in [5.41, 5.74) is 2.72. The van der Waals surface area contributed by atoms with Gasteiger partial charge in [-0.1, -0.05) is 46.3 Å². The van der Waals surface area contributed by atoms with Crippen molar-refractivity contribution in [2.45, 2.75) is 5.33 Å². The molecule has 3 nitrogen and oxygen atoms in total. The Balaban J connectivity index is 2.36. The highest BCUT2D eigenvalue weighted by atomic mass is 79.9. The van der Waals surface area contributed by atoms with Crippen molar-refractivity contribution in [1.82, 2.24) is 4.98 Å². The Morgan fingerprint density at radius 3 is 2.75 bits per heavy atom. The van der Waals surface area contributed by atoms with E-state index in [4.69, 9.17) is 0 Å². The van der Waals surface area contributed by atoms with E-state index >= 15 is 0 Å². The second-order valence-electron chi connectivity index (χ2n) is 4.57. The van der Waals surface area contributed by atoms with Gasteiger partial charge in [-0.05, 0) is 23.3 Å². The van der Waals surface area contributed by atoms with Gasteiger partial charge in [0.15, 0.2) is 0 Å². The fourth-order valence-corrected chi connectivity index (χ4v) is 2.70. The maximum absolute atomic E-state index is 11.9. The van der Waals surface area contributed by atoms with E-state index in [0.717, 1.165) is 22.0 Å². The number of phenols is 1. The lowest BCUT2D eigenvalue weighted by Gasteiger charge is -2.09. The summed E-state index contributed by atoms with van der Waals surface area (Å²) in [6.07, 6.45) is 1.65. The summed E-state index contributed by atoms with van der Waals surface area (Å²) >= 11 is 3.43. The first kappa shape index (κ1) is 12.9. The highest BCUT2D eigenvalue weighted by molar-refractivity contribution is 9.08. The van der Waals surface area contributed by atoms with Crippen molar-refractivity contribution in [3.8, 4) is 16.9 Å².